The number of amides is 1. The van der Waals surface area contributed by atoms with Crippen molar-refractivity contribution < 1.29 is 23.9 Å². The van der Waals surface area contributed by atoms with E-state index in [1.807, 2.05) is 0 Å². The summed E-state index contributed by atoms with van der Waals surface area (Å²) in [4.78, 5) is 48.8. The number of benzene rings is 1. The van der Waals surface area contributed by atoms with E-state index in [2.05, 4.69) is 15.0 Å². The zero-order valence-electron chi connectivity index (χ0n) is 13.7. The second kappa shape index (κ2) is 8.62. The Kier molecular flexibility index (Phi) is 6.27. The molecule has 2 aromatic rings. The van der Waals surface area contributed by atoms with Crippen LogP contribution in [0.5, 0.6) is 0 Å². The third-order valence-corrected chi connectivity index (χ3v) is 3.42. The molecule has 8 heteroatoms. The van der Waals surface area contributed by atoms with E-state index in [4.69, 9.17) is 4.74 Å². The van der Waals surface area contributed by atoms with Crippen molar-refractivity contribution in [1.29, 1.82) is 0 Å². The molecular weight excluding hydrogens is 328 g/mol. The molecule has 2 N–H and O–H groups in total. The lowest BCUT2D eigenvalue weighted by Crippen LogP contribution is -2.30. The van der Waals surface area contributed by atoms with Crippen molar-refractivity contribution in [3.8, 4) is 0 Å². The molecule has 0 bridgehead atoms. The molecule has 0 aliphatic heterocycles. The van der Waals surface area contributed by atoms with Crippen molar-refractivity contribution in [3.63, 3.8) is 0 Å². The van der Waals surface area contributed by atoms with Crippen LogP contribution in [0.2, 0.25) is 0 Å². The number of aromatic nitrogens is 1. The SMILES string of the molecule is COC(=O)CCCNC(=O)COC(=O)c1cc2ccccc2c(=O)[nH]1. The number of ether oxygens (including phenoxy) is 2. The van der Waals surface area contributed by atoms with Gasteiger partial charge in [-0.05, 0) is 23.9 Å². The molecule has 132 valence electrons. The van der Waals surface area contributed by atoms with Crippen LogP contribution in [0.25, 0.3) is 10.8 Å². The predicted octanol–water partition coefficient (Wildman–Crippen LogP) is 0.754. The number of aromatic amines is 1. The maximum atomic E-state index is 12.0. The van der Waals surface area contributed by atoms with Crippen molar-refractivity contribution in [1.82, 2.24) is 10.3 Å². The minimum absolute atomic E-state index is 0.0257. The van der Waals surface area contributed by atoms with E-state index >= 15 is 0 Å². The summed E-state index contributed by atoms with van der Waals surface area (Å²) < 4.78 is 9.36. The number of carbonyl (C=O) groups is 3. The van der Waals surface area contributed by atoms with Crippen LogP contribution in [-0.2, 0) is 19.1 Å². The molecule has 0 radical (unpaired) electrons. The van der Waals surface area contributed by atoms with E-state index in [0.29, 0.717) is 17.2 Å². The van der Waals surface area contributed by atoms with Gasteiger partial charge in [-0.3, -0.25) is 14.4 Å². The molecule has 0 saturated carbocycles. The Morgan fingerprint density at radius 2 is 1.96 bits per heavy atom. The smallest absolute Gasteiger partial charge is 0.355 e. The summed E-state index contributed by atoms with van der Waals surface area (Å²) in [5.41, 5.74) is -0.431. The van der Waals surface area contributed by atoms with E-state index in [-0.39, 0.29) is 24.6 Å². The monoisotopic (exact) mass is 346 g/mol. The lowest BCUT2D eigenvalue weighted by atomic mass is 10.1. The highest BCUT2D eigenvalue weighted by atomic mass is 16.5. The first kappa shape index (κ1) is 18.2. The fourth-order valence-corrected chi connectivity index (χ4v) is 2.14. The van der Waals surface area contributed by atoms with Gasteiger partial charge in [-0.25, -0.2) is 4.79 Å². The molecule has 25 heavy (non-hydrogen) atoms. The van der Waals surface area contributed by atoms with Gasteiger partial charge in [-0.15, -0.1) is 0 Å². The molecule has 1 aromatic heterocycles. The van der Waals surface area contributed by atoms with E-state index in [0.717, 1.165) is 0 Å². The minimum Gasteiger partial charge on any atom is -0.469 e. The number of H-pyrrole nitrogens is 1. The molecule has 0 fully saturated rings. The van der Waals surface area contributed by atoms with Gasteiger partial charge in [0.1, 0.15) is 5.69 Å². The van der Waals surface area contributed by atoms with Gasteiger partial charge in [0.15, 0.2) is 6.61 Å². The first-order valence-corrected chi connectivity index (χ1v) is 7.64. The zero-order valence-corrected chi connectivity index (χ0v) is 13.7. The Bertz CT molecular complexity index is 842. The fraction of sp³-hybridized carbons (Fsp3) is 0.294. The van der Waals surface area contributed by atoms with Crippen molar-refractivity contribution in [2.75, 3.05) is 20.3 Å². The van der Waals surface area contributed by atoms with Crippen LogP contribution in [0, 0.1) is 0 Å². The topological polar surface area (TPSA) is 115 Å². The van der Waals surface area contributed by atoms with E-state index < -0.39 is 24.0 Å². The summed E-state index contributed by atoms with van der Waals surface area (Å²) in [6.07, 6.45) is 0.610. The second-order valence-electron chi connectivity index (χ2n) is 5.21. The van der Waals surface area contributed by atoms with Crippen LogP contribution in [0.1, 0.15) is 23.3 Å². The number of fused-ring (bicyclic) bond motifs is 1. The number of carbonyl (C=O) groups excluding carboxylic acids is 3. The van der Waals surface area contributed by atoms with Gasteiger partial charge in [0.25, 0.3) is 11.5 Å². The van der Waals surface area contributed by atoms with Gasteiger partial charge in [0, 0.05) is 18.4 Å². The number of esters is 2. The molecule has 8 nitrogen and oxygen atoms in total. The third-order valence-electron chi connectivity index (χ3n) is 3.42. The Hall–Kier alpha value is -3.16. The van der Waals surface area contributed by atoms with E-state index in [1.165, 1.54) is 13.2 Å². The van der Waals surface area contributed by atoms with E-state index in [1.54, 1.807) is 24.3 Å². The first-order chi connectivity index (χ1) is 12.0. The van der Waals surface area contributed by atoms with Crippen molar-refractivity contribution in [3.05, 3.63) is 46.4 Å². The predicted molar refractivity (Wildman–Crippen MR) is 89.1 cm³/mol. The second-order valence-corrected chi connectivity index (χ2v) is 5.21. The van der Waals surface area contributed by atoms with Gasteiger partial charge in [-0.2, -0.15) is 0 Å². The molecule has 1 heterocycles. The average molecular weight is 346 g/mol. The number of rotatable bonds is 7. The molecule has 0 atom stereocenters. The maximum absolute atomic E-state index is 12.0. The number of methoxy groups -OCH3 is 1. The largest absolute Gasteiger partial charge is 0.469 e. The van der Waals surface area contributed by atoms with Crippen LogP contribution >= 0.6 is 0 Å². The lowest BCUT2D eigenvalue weighted by Gasteiger charge is -2.07. The van der Waals surface area contributed by atoms with Crippen molar-refractivity contribution in [2.24, 2.45) is 0 Å². The van der Waals surface area contributed by atoms with Gasteiger partial charge in [0.2, 0.25) is 0 Å². The normalized spacial score (nSPS) is 10.3. The van der Waals surface area contributed by atoms with Crippen molar-refractivity contribution in [2.45, 2.75) is 12.8 Å². The zero-order chi connectivity index (χ0) is 18.2. The van der Waals surface area contributed by atoms with Gasteiger partial charge in [0.05, 0.1) is 7.11 Å². The highest BCUT2D eigenvalue weighted by Gasteiger charge is 2.13. The molecule has 1 amide bonds. The maximum Gasteiger partial charge on any atom is 0.355 e. The lowest BCUT2D eigenvalue weighted by molar-refractivity contribution is -0.140. The van der Waals surface area contributed by atoms with Crippen LogP contribution < -0.4 is 10.9 Å². The summed E-state index contributed by atoms with van der Waals surface area (Å²) in [5.74, 6) is -1.66. The molecule has 2 rings (SSSR count). The van der Waals surface area contributed by atoms with Crippen LogP contribution in [-0.4, -0.2) is 43.1 Å². The summed E-state index contributed by atoms with van der Waals surface area (Å²) in [6, 6.07) is 8.31. The standard InChI is InChI=1S/C17H18N2O6/c1-24-15(21)7-4-8-18-14(20)10-25-17(23)13-9-11-5-2-3-6-12(11)16(22)19-13/h2-3,5-6,9H,4,7-8,10H2,1H3,(H,18,20)(H,19,22). The summed E-state index contributed by atoms with van der Waals surface area (Å²) in [5, 5.41) is 3.58. The molecule has 0 spiro atoms. The number of nitrogens with one attached hydrogen (secondary N) is 2. The number of hydrogen-bond donors (Lipinski definition) is 2. The Balaban J connectivity index is 1.85. The number of pyridine rings is 1. The fourth-order valence-electron chi connectivity index (χ4n) is 2.14. The number of hydrogen-bond acceptors (Lipinski definition) is 6. The van der Waals surface area contributed by atoms with Crippen LogP contribution in [0.4, 0.5) is 0 Å². The summed E-state index contributed by atoms with van der Waals surface area (Å²) >= 11 is 0. The molecule has 0 aliphatic carbocycles. The molecule has 0 aliphatic rings. The summed E-state index contributed by atoms with van der Waals surface area (Å²) in [7, 11) is 1.29. The van der Waals surface area contributed by atoms with Gasteiger partial charge >= 0.3 is 11.9 Å². The first-order valence-electron chi connectivity index (χ1n) is 7.64. The minimum atomic E-state index is -0.799. The molecule has 1 aromatic carbocycles. The highest BCUT2D eigenvalue weighted by molar-refractivity contribution is 5.94. The average Bonchev–Trinajstić information content (AvgIpc) is 2.62. The van der Waals surface area contributed by atoms with Gasteiger partial charge < -0.3 is 19.8 Å². The Morgan fingerprint density at radius 3 is 2.72 bits per heavy atom. The van der Waals surface area contributed by atoms with Gasteiger partial charge in [-0.1, -0.05) is 18.2 Å². The Morgan fingerprint density at radius 1 is 1.20 bits per heavy atom. The van der Waals surface area contributed by atoms with E-state index in [9.17, 15) is 19.2 Å². The molecular formula is C17H18N2O6. The molecule has 0 saturated heterocycles. The highest BCUT2D eigenvalue weighted by Crippen LogP contribution is 2.10. The Labute approximate surface area is 143 Å². The van der Waals surface area contributed by atoms with Crippen LogP contribution in [0.3, 0.4) is 0 Å². The third kappa shape index (κ3) is 5.17. The van der Waals surface area contributed by atoms with Crippen molar-refractivity contribution >= 4 is 28.6 Å². The summed E-state index contributed by atoms with van der Waals surface area (Å²) in [6.45, 7) is -0.218. The van der Waals surface area contributed by atoms with Crippen LogP contribution in [0.15, 0.2) is 35.1 Å². The molecule has 0 unspecified atom stereocenters. The quantitative estimate of drug-likeness (QED) is 0.565.